The highest BCUT2D eigenvalue weighted by atomic mass is 16.1. The van der Waals surface area contributed by atoms with Crippen LogP contribution in [0.4, 0.5) is 0 Å². The van der Waals surface area contributed by atoms with E-state index in [4.69, 9.17) is 11.1 Å². The molecule has 0 spiro atoms. The number of rotatable bonds is 3. The zero-order valence-corrected chi connectivity index (χ0v) is 10.2. The average molecular weight is 250 g/mol. The molecule has 4 nitrogen and oxygen atoms in total. The molecule has 0 N–H and O–H groups in total. The van der Waals surface area contributed by atoms with E-state index in [1.165, 1.54) is 4.91 Å². The maximum atomic E-state index is 11.7. The van der Waals surface area contributed by atoms with Crippen molar-refractivity contribution < 1.29 is 4.79 Å². The summed E-state index contributed by atoms with van der Waals surface area (Å²) in [6.07, 6.45) is 3.43. The molecule has 0 heterocycles. The third-order valence-corrected chi connectivity index (χ3v) is 2.29. The first kappa shape index (κ1) is 14.2. The summed E-state index contributed by atoms with van der Waals surface area (Å²) in [5.41, 5.74) is 15.3. The van der Waals surface area contributed by atoms with Gasteiger partial charge in [-0.05, 0) is 11.6 Å². The standard InChI is InChI=1S/C15H12O.N3/c16-15(14-9-5-2-6-10-14)12-11-13-7-3-1-4-8-13;1-3-2/h1-12H;/q;-1/b12-11+;. The van der Waals surface area contributed by atoms with E-state index in [0.29, 0.717) is 0 Å². The monoisotopic (exact) mass is 250 g/mol. The van der Waals surface area contributed by atoms with E-state index in [2.05, 4.69) is 0 Å². The van der Waals surface area contributed by atoms with Gasteiger partial charge in [0.25, 0.3) is 0 Å². The minimum Gasteiger partial charge on any atom is -0.373 e. The molecule has 19 heavy (non-hydrogen) atoms. The van der Waals surface area contributed by atoms with Gasteiger partial charge in [-0.3, -0.25) is 9.71 Å². The van der Waals surface area contributed by atoms with Crippen molar-refractivity contribution >= 4 is 11.9 Å². The fourth-order valence-corrected chi connectivity index (χ4v) is 1.43. The summed E-state index contributed by atoms with van der Waals surface area (Å²) in [6, 6.07) is 19.1. The summed E-state index contributed by atoms with van der Waals surface area (Å²) < 4.78 is 0. The minimum absolute atomic E-state index is 0.0319. The van der Waals surface area contributed by atoms with E-state index in [1.807, 2.05) is 66.7 Å². The summed E-state index contributed by atoms with van der Waals surface area (Å²) >= 11 is 0. The number of benzene rings is 2. The number of carbonyl (C=O) groups excluding carboxylic acids is 1. The van der Waals surface area contributed by atoms with E-state index in [1.54, 1.807) is 6.08 Å². The van der Waals surface area contributed by atoms with Gasteiger partial charge in [-0.25, -0.2) is 0 Å². The predicted octanol–water partition coefficient (Wildman–Crippen LogP) is 4.45. The summed E-state index contributed by atoms with van der Waals surface area (Å²) in [5, 5.41) is 0. The lowest BCUT2D eigenvalue weighted by Crippen LogP contribution is -1.92. The Bertz CT molecular complexity index is 571. The first-order valence-corrected chi connectivity index (χ1v) is 5.59. The molecule has 94 valence electrons. The molecule has 0 saturated heterocycles. The fourth-order valence-electron chi connectivity index (χ4n) is 1.43. The van der Waals surface area contributed by atoms with Crippen molar-refractivity contribution in [2.45, 2.75) is 0 Å². The quantitative estimate of drug-likeness (QED) is 0.260. The Labute approximate surface area is 111 Å². The van der Waals surface area contributed by atoms with Crippen LogP contribution in [0.2, 0.25) is 0 Å². The van der Waals surface area contributed by atoms with E-state index in [-0.39, 0.29) is 5.78 Å². The molecule has 0 aliphatic heterocycles. The molecule has 2 rings (SSSR count). The second kappa shape index (κ2) is 8.28. The molecule has 4 heteroatoms. The minimum atomic E-state index is 0.0319. The van der Waals surface area contributed by atoms with Gasteiger partial charge in [-0.15, -0.1) is 0 Å². The highest BCUT2D eigenvalue weighted by Crippen LogP contribution is 2.05. The van der Waals surface area contributed by atoms with Crippen molar-refractivity contribution in [1.82, 2.24) is 0 Å². The highest BCUT2D eigenvalue weighted by molar-refractivity contribution is 6.06. The topological polar surface area (TPSA) is 75.8 Å². The van der Waals surface area contributed by atoms with Crippen LogP contribution in [0.1, 0.15) is 15.9 Å². The van der Waals surface area contributed by atoms with Gasteiger partial charge in [-0.1, -0.05) is 66.7 Å². The summed E-state index contributed by atoms with van der Waals surface area (Å²) in [7, 11) is 0. The molecule has 2 aromatic carbocycles. The Kier molecular flexibility index (Phi) is 6.20. The SMILES string of the molecule is O=C(/C=C/c1ccccc1)c1ccccc1.[N-]=[N+]=[N-]. The van der Waals surface area contributed by atoms with Gasteiger partial charge in [0.05, 0.1) is 0 Å². The smallest absolute Gasteiger partial charge is 0.185 e. The lowest BCUT2D eigenvalue weighted by atomic mass is 10.1. The molecule has 0 aromatic heterocycles. The van der Waals surface area contributed by atoms with Crippen LogP contribution < -0.4 is 0 Å². The maximum Gasteiger partial charge on any atom is 0.185 e. The van der Waals surface area contributed by atoms with Gasteiger partial charge < -0.3 is 11.1 Å². The average Bonchev–Trinajstić information content (AvgIpc) is 2.47. The summed E-state index contributed by atoms with van der Waals surface area (Å²) in [4.78, 5) is 13.2. The number of nitrogens with zero attached hydrogens (tertiary/aromatic N) is 3. The van der Waals surface area contributed by atoms with Crippen LogP contribution in [0.15, 0.2) is 66.7 Å². The number of hydrogen-bond donors (Lipinski definition) is 0. The predicted molar refractivity (Wildman–Crippen MR) is 76.3 cm³/mol. The van der Waals surface area contributed by atoms with Crippen LogP contribution >= 0.6 is 0 Å². The molecule has 2 aromatic rings. The lowest BCUT2D eigenvalue weighted by Gasteiger charge is -1.94. The molecule has 0 radical (unpaired) electrons. The van der Waals surface area contributed by atoms with Crippen LogP contribution in [-0.2, 0) is 0 Å². The molecular weight excluding hydrogens is 238 g/mol. The Balaban J connectivity index is 0.000000550. The molecule has 0 aliphatic carbocycles. The molecular formula is C15H12N3O-. The third-order valence-electron chi connectivity index (χ3n) is 2.29. The van der Waals surface area contributed by atoms with Crippen molar-refractivity contribution in [2.75, 3.05) is 0 Å². The molecule has 0 aliphatic rings. The van der Waals surface area contributed by atoms with E-state index in [0.717, 1.165) is 11.1 Å². The fraction of sp³-hybridized carbons (Fsp3) is 0. The summed E-state index contributed by atoms with van der Waals surface area (Å²) in [6.45, 7) is 0. The largest absolute Gasteiger partial charge is 0.373 e. The van der Waals surface area contributed by atoms with Crippen LogP contribution in [-0.4, -0.2) is 5.78 Å². The Morgan fingerprint density at radius 1 is 0.895 bits per heavy atom. The number of carbonyl (C=O) groups is 1. The van der Waals surface area contributed by atoms with E-state index < -0.39 is 0 Å². The van der Waals surface area contributed by atoms with Crippen molar-refractivity contribution in [3.05, 3.63) is 93.8 Å². The van der Waals surface area contributed by atoms with Crippen LogP contribution in [0.3, 0.4) is 0 Å². The van der Waals surface area contributed by atoms with Crippen molar-refractivity contribution in [3.8, 4) is 0 Å². The van der Waals surface area contributed by atoms with Gasteiger partial charge in [0.15, 0.2) is 5.78 Å². The second-order valence-electron chi connectivity index (χ2n) is 3.56. The Morgan fingerprint density at radius 2 is 1.37 bits per heavy atom. The van der Waals surface area contributed by atoms with Gasteiger partial charge in [0, 0.05) is 5.56 Å². The number of hydrogen-bond acceptors (Lipinski definition) is 1. The van der Waals surface area contributed by atoms with Crippen molar-refractivity contribution in [2.24, 2.45) is 0 Å². The Hall–Kier alpha value is -2.84. The highest BCUT2D eigenvalue weighted by Gasteiger charge is 1.98. The molecule has 0 saturated carbocycles. The third kappa shape index (κ3) is 5.35. The van der Waals surface area contributed by atoms with Crippen LogP contribution in [0.25, 0.3) is 22.0 Å². The van der Waals surface area contributed by atoms with Crippen molar-refractivity contribution in [3.63, 3.8) is 0 Å². The molecule has 0 bridgehead atoms. The first-order valence-electron chi connectivity index (χ1n) is 5.59. The lowest BCUT2D eigenvalue weighted by molar-refractivity contribution is 0.104. The van der Waals surface area contributed by atoms with E-state index >= 15 is 0 Å². The molecule has 0 atom stereocenters. The van der Waals surface area contributed by atoms with Gasteiger partial charge >= 0.3 is 0 Å². The van der Waals surface area contributed by atoms with Crippen LogP contribution in [0.5, 0.6) is 0 Å². The molecule has 0 unspecified atom stereocenters. The van der Waals surface area contributed by atoms with Crippen molar-refractivity contribution in [1.29, 1.82) is 0 Å². The van der Waals surface area contributed by atoms with Crippen LogP contribution in [0, 0.1) is 0 Å². The Morgan fingerprint density at radius 3 is 1.89 bits per heavy atom. The molecule has 0 amide bonds. The maximum absolute atomic E-state index is 11.7. The first-order chi connectivity index (χ1) is 9.27. The zero-order chi connectivity index (χ0) is 13.9. The second-order valence-corrected chi connectivity index (χ2v) is 3.56. The van der Waals surface area contributed by atoms with E-state index in [9.17, 15) is 4.79 Å². The normalized spacial score (nSPS) is 9.26. The van der Waals surface area contributed by atoms with Gasteiger partial charge in [0.1, 0.15) is 0 Å². The van der Waals surface area contributed by atoms with Gasteiger partial charge in [0.2, 0.25) is 0 Å². The molecule has 0 fully saturated rings. The summed E-state index contributed by atoms with van der Waals surface area (Å²) in [5.74, 6) is 0.0319. The zero-order valence-electron chi connectivity index (χ0n) is 10.2. The number of allylic oxidation sites excluding steroid dienone is 1. The number of ketones is 1. The van der Waals surface area contributed by atoms with Gasteiger partial charge in [-0.2, -0.15) is 0 Å².